The number of carbonyl (C=O) groups is 1. The van der Waals surface area contributed by atoms with Crippen LogP contribution >= 0.6 is 0 Å². The van der Waals surface area contributed by atoms with Crippen LogP contribution in [-0.2, 0) is 4.79 Å². The number of nitrogens with two attached hydrogens (primary N) is 1. The second-order valence-corrected chi connectivity index (χ2v) is 10.3. The summed E-state index contributed by atoms with van der Waals surface area (Å²) >= 11 is 0. The molecule has 3 N–H and O–H groups in total. The van der Waals surface area contributed by atoms with Crippen LogP contribution in [0.5, 0.6) is 11.5 Å². The molecule has 2 unspecified atom stereocenters. The first kappa shape index (κ1) is 25.8. The maximum Gasteiger partial charge on any atom is 0.274 e. The third kappa shape index (κ3) is 4.75. The van der Waals surface area contributed by atoms with Crippen LogP contribution in [0.3, 0.4) is 0 Å². The van der Waals surface area contributed by atoms with Gasteiger partial charge in [-0.2, -0.15) is 5.10 Å². The highest BCUT2D eigenvalue weighted by Crippen LogP contribution is 2.36. The molecule has 2 aromatic carbocycles. The maximum absolute atomic E-state index is 14.0. The number of carbonyl (C=O) groups excluding carboxylic acids is 1. The molecule has 2 aromatic heterocycles. The summed E-state index contributed by atoms with van der Waals surface area (Å²) in [6, 6.07) is 13.6. The third-order valence-corrected chi connectivity index (χ3v) is 7.95. The van der Waals surface area contributed by atoms with Crippen LogP contribution in [0.1, 0.15) is 31.2 Å². The van der Waals surface area contributed by atoms with Gasteiger partial charge in [-0.15, -0.1) is 0 Å². The molecule has 2 aliphatic rings. The van der Waals surface area contributed by atoms with E-state index in [0.29, 0.717) is 35.8 Å². The van der Waals surface area contributed by atoms with Crippen LogP contribution < -0.4 is 16.0 Å². The largest absolute Gasteiger partial charge is 0.454 e. The van der Waals surface area contributed by atoms with E-state index in [1.54, 1.807) is 36.4 Å². The minimum atomic E-state index is -0.448. The topological polar surface area (TPSA) is 109 Å². The lowest BCUT2D eigenvalue weighted by atomic mass is 9.99. The van der Waals surface area contributed by atoms with Crippen molar-refractivity contribution in [1.29, 1.82) is 0 Å². The number of H-pyrrole nitrogens is 1. The number of nitrogen functional groups attached to an aromatic ring is 1. The van der Waals surface area contributed by atoms with Gasteiger partial charge in [-0.05, 0) is 61.3 Å². The summed E-state index contributed by atoms with van der Waals surface area (Å²) in [7, 11) is 0. The number of anilines is 1. The van der Waals surface area contributed by atoms with E-state index in [9.17, 15) is 14.0 Å². The SMILES string of the molecule is CCN1CCC1/C=C/C(=O)N1CCC(c2cn(-c3ccc(Oc4ccccc4F)cc3)c3c(N)n[nH]c(=O)c23)C1. The smallest absolute Gasteiger partial charge is 0.274 e. The molecule has 0 aliphatic carbocycles. The van der Waals surface area contributed by atoms with Gasteiger partial charge in [0.05, 0.1) is 5.39 Å². The Morgan fingerprint density at radius 3 is 2.70 bits per heavy atom. The summed E-state index contributed by atoms with van der Waals surface area (Å²) in [5.41, 5.74) is 8.01. The van der Waals surface area contributed by atoms with Gasteiger partial charge in [0, 0.05) is 49.6 Å². The van der Waals surface area contributed by atoms with Crippen molar-refractivity contribution in [3.63, 3.8) is 0 Å². The predicted octanol–water partition coefficient (Wildman–Crippen LogP) is 4.19. The van der Waals surface area contributed by atoms with Gasteiger partial charge in [0.25, 0.3) is 5.56 Å². The predicted molar refractivity (Wildman–Crippen MR) is 151 cm³/mol. The highest BCUT2D eigenvalue weighted by molar-refractivity contribution is 5.93. The lowest BCUT2D eigenvalue weighted by Gasteiger charge is -2.38. The highest BCUT2D eigenvalue weighted by atomic mass is 19.1. The Morgan fingerprint density at radius 2 is 1.98 bits per heavy atom. The molecule has 206 valence electrons. The molecular weight excluding hydrogens is 511 g/mol. The first-order chi connectivity index (χ1) is 19.4. The number of benzene rings is 2. The van der Waals surface area contributed by atoms with Gasteiger partial charge in [-0.1, -0.05) is 25.1 Å². The number of rotatable bonds is 7. The quantitative estimate of drug-likeness (QED) is 0.339. The van der Waals surface area contributed by atoms with Gasteiger partial charge in [0.15, 0.2) is 17.4 Å². The van der Waals surface area contributed by atoms with Crippen LogP contribution in [0.25, 0.3) is 16.6 Å². The van der Waals surface area contributed by atoms with Crippen molar-refractivity contribution in [2.45, 2.75) is 31.7 Å². The van der Waals surface area contributed by atoms with E-state index < -0.39 is 5.82 Å². The highest BCUT2D eigenvalue weighted by Gasteiger charge is 2.31. The molecule has 40 heavy (non-hydrogen) atoms. The standard InChI is InChI=1S/C30H31FN6O3/c1-2-35-16-14-20(35)9-12-26(38)36-15-13-19(17-36)23-18-37(28-27(23)30(39)34-33-29(28)32)21-7-10-22(11-8-21)40-25-6-4-3-5-24(25)31/h3-12,18-20H,2,13-17H2,1H3,(H2,32,33)(H,34,39)/b12-9+. The summed E-state index contributed by atoms with van der Waals surface area (Å²) in [5, 5.41) is 6.98. The molecule has 0 spiro atoms. The van der Waals surface area contributed by atoms with Gasteiger partial charge < -0.3 is 19.9 Å². The number of fused-ring (bicyclic) bond motifs is 1. The Morgan fingerprint density at radius 1 is 1.18 bits per heavy atom. The summed E-state index contributed by atoms with van der Waals surface area (Å²) in [5.74, 6) is 0.322. The van der Waals surface area contributed by atoms with Crippen LogP contribution in [0, 0.1) is 5.82 Å². The Hall–Kier alpha value is -4.44. The van der Waals surface area contributed by atoms with Crippen molar-refractivity contribution in [2.75, 3.05) is 31.9 Å². The Kier molecular flexibility index (Phi) is 6.85. The zero-order valence-corrected chi connectivity index (χ0v) is 22.2. The molecular formula is C30H31FN6O3. The van der Waals surface area contributed by atoms with Gasteiger partial charge in [-0.3, -0.25) is 14.5 Å². The lowest BCUT2D eigenvalue weighted by Crippen LogP contribution is -2.46. The first-order valence-electron chi connectivity index (χ1n) is 13.6. The zero-order chi connectivity index (χ0) is 27.8. The molecule has 9 nitrogen and oxygen atoms in total. The number of ether oxygens (including phenoxy) is 1. The van der Waals surface area contributed by atoms with Crippen molar-refractivity contribution >= 4 is 22.6 Å². The number of nitrogens with one attached hydrogen (secondary N) is 1. The number of amides is 1. The molecule has 0 saturated carbocycles. The van der Waals surface area contributed by atoms with Crippen molar-refractivity contribution in [3.05, 3.63) is 88.6 Å². The van der Waals surface area contributed by atoms with Crippen molar-refractivity contribution < 1.29 is 13.9 Å². The molecule has 2 atom stereocenters. The summed E-state index contributed by atoms with van der Waals surface area (Å²) in [6.07, 6.45) is 7.42. The van der Waals surface area contributed by atoms with Crippen LogP contribution in [-0.4, -0.2) is 62.7 Å². The van der Waals surface area contributed by atoms with Crippen LogP contribution in [0.2, 0.25) is 0 Å². The fourth-order valence-corrected chi connectivity index (χ4v) is 5.66. The molecule has 6 rings (SSSR count). The summed E-state index contributed by atoms with van der Waals surface area (Å²) in [4.78, 5) is 30.1. The number of hydrogen-bond acceptors (Lipinski definition) is 6. The minimum absolute atomic E-state index is 0.00489. The lowest BCUT2D eigenvalue weighted by molar-refractivity contribution is -0.125. The van der Waals surface area contributed by atoms with Crippen molar-refractivity contribution in [2.24, 2.45) is 0 Å². The van der Waals surface area contributed by atoms with Gasteiger partial charge in [0.2, 0.25) is 5.91 Å². The minimum Gasteiger partial charge on any atom is -0.454 e. The number of likely N-dealkylation sites (tertiary alicyclic amines) is 2. The molecule has 2 saturated heterocycles. The summed E-state index contributed by atoms with van der Waals surface area (Å²) in [6.45, 7) is 5.31. The van der Waals surface area contributed by atoms with E-state index in [0.717, 1.165) is 37.2 Å². The van der Waals surface area contributed by atoms with E-state index in [1.807, 2.05) is 33.9 Å². The number of hydrogen-bond donors (Lipinski definition) is 2. The molecule has 10 heteroatoms. The second-order valence-electron chi connectivity index (χ2n) is 10.3. The Balaban J connectivity index is 1.26. The van der Waals surface area contributed by atoms with Crippen LogP contribution in [0.4, 0.5) is 10.2 Å². The van der Waals surface area contributed by atoms with Crippen molar-refractivity contribution in [3.8, 4) is 17.2 Å². The molecule has 4 aromatic rings. The number of halogens is 1. The number of para-hydroxylation sites is 1. The average molecular weight is 543 g/mol. The van der Waals surface area contributed by atoms with E-state index in [2.05, 4.69) is 22.0 Å². The molecule has 2 aliphatic heterocycles. The normalized spacial score (nSPS) is 19.4. The third-order valence-electron chi connectivity index (χ3n) is 7.95. The molecule has 1 amide bonds. The average Bonchev–Trinajstić information content (AvgIpc) is 3.59. The molecule has 2 fully saturated rings. The first-order valence-corrected chi connectivity index (χ1v) is 13.6. The fourth-order valence-electron chi connectivity index (χ4n) is 5.66. The van der Waals surface area contributed by atoms with E-state index in [1.165, 1.54) is 6.07 Å². The second kappa shape index (κ2) is 10.6. The molecule has 0 bridgehead atoms. The zero-order valence-electron chi connectivity index (χ0n) is 22.2. The maximum atomic E-state index is 14.0. The fraction of sp³-hybridized carbons (Fsp3) is 0.300. The van der Waals surface area contributed by atoms with E-state index in [-0.39, 0.29) is 29.0 Å². The number of likely N-dealkylation sites (N-methyl/N-ethyl adjacent to an activating group) is 1. The number of aromatic amines is 1. The van der Waals surface area contributed by atoms with Crippen molar-refractivity contribution in [1.82, 2.24) is 24.6 Å². The van der Waals surface area contributed by atoms with Gasteiger partial charge in [0.1, 0.15) is 11.3 Å². The van der Waals surface area contributed by atoms with Crippen LogP contribution in [0.15, 0.2) is 71.7 Å². The Bertz CT molecular complexity index is 1640. The summed E-state index contributed by atoms with van der Waals surface area (Å²) < 4.78 is 21.5. The Labute approximate surface area is 230 Å². The number of nitrogens with zero attached hydrogens (tertiary/aromatic N) is 4. The van der Waals surface area contributed by atoms with Gasteiger partial charge >= 0.3 is 0 Å². The molecule has 4 heterocycles. The number of aromatic nitrogens is 3. The van der Waals surface area contributed by atoms with E-state index >= 15 is 0 Å². The molecule has 0 radical (unpaired) electrons. The monoisotopic (exact) mass is 542 g/mol. The van der Waals surface area contributed by atoms with Gasteiger partial charge in [-0.25, -0.2) is 9.49 Å². The van der Waals surface area contributed by atoms with E-state index in [4.69, 9.17) is 10.5 Å².